The van der Waals surface area contributed by atoms with Crippen LogP contribution in [0, 0.1) is 0 Å². The summed E-state index contributed by atoms with van der Waals surface area (Å²) in [5.74, 6) is 0. The van der Waals surface area contributed by atoms with Gasteiger partial charge in [-0.1, -0.05) is 388 Å². The van der Waals surface area contributed by atoms with Crippen molar-refractivity contribution in [1.29, 1.82) is 0 Å². The van der Waals surface area contributed by atoms with E-state index in [4.69, 9.17) is 17.7 Å². The smallest absolute Gasteiger partial charge is 0.136 e. The van der Waals surface area contributed by atoms with Crippen LogP contribution in [0.5, 0.6) is 0 Å². The second kappa shape index (κ2) is 28.3. The molecule has 24 aromatic carbocycles. The number of hydrogen-bond donors (Lipinski definition) is 0. The van der Waals surface area contributed by atoms with Crippen LogP contribution in [-0.2, 0) is 10.8 Å². The minimum atomic E-state index is -0.509. The predicted molar refractivity (Wildman–Crippen MR) is 572 cm³/mol. The molecule has 636 valence electrons. The molecule has 4 aliphatic rings. The number of benzene rings is 24. The normalized spacial score (nSPS) is 13.3. The van der Waals surface area contributed by atoms with Crippen molar-refractivity contribution in [2.75, 3.05) is 0 Å². The Balaban J connectivity index is 0.000000128. The maximum Gasteiger partial charge on any atom is 0.136 e. The summed E-state index contributed by atoms with van der Waals surface area (Å²) in [6.07, 6.45) is 0. The molecule has 0 bridgehead atoms. The topological polar surface area (TPSA) is 52.6 Å². The van der Waals surface area contributed by atoms with Gasteiger partial charge < -0.3 is 17.7 Å². The molecule has 2 spiro atoms. The van der Waals surface area contributed by atoms with Crippen LogP contribution in [0.25, 0.3) is 264 Å². The minimum Gasteiger partial charge on any atom is -0.456 e. The molecule has 4 heteroatoms. The maximum atomic E-state index is 6.54. The van der Waals surface area contributed by atoms with Gasteiger partial charge in [-0.2, -0.15) is 0 Å². The standard InChI is InChI=1S/2C67H38O2/c1-2-17-40-39(16-1)36-37-57-65(40)66-51(28-13-31-56(66)67(57)54-29-7-3-18-43(54)44-19-4-8-30-55(44)67)62-47-24-11-22-41(45-26-14-34-60-63(45)49-20-5-9-32-58(49)68-60)52(47)38-53-42(23-12-25-48(53)62)46-27-15-35-61-64(46)50-21-6-10-33-59(50)69-61;1-2-15-44-39(14-1)30-33-59-65(44)66-51(24-13-27-58(66)67(59)56-25-7-3-16-45(56)46-17-4-8-26-57(46)67)64-49-22-11-20-42(40-31-34-62-54(36-40)47-18-5-9-28-60(47)68-62)52(49)38-53-43(21-12-23-50(53)64)41-32-35-63-55(37-41)48-19-6-10-29-61(48)69-63/h2*1-38H. The fraction of sp³-hybridized carbons (Fsp3) is 0.0149. The summed E-state index contributed by atoms with van der Waals surface area (Å²) in [5, 5.41) is 23.6. The van der Waals surface area contributed by atoms with E-state index >= 15 is 0 Å². The first kappa shape index (κ1) is 75.6. The van der Waals surface area contributed by atoms with Crippen LogP contribution in [-0.4, -0.2) is 0 Å². The summed E-state index contributed by atoms with van der Waals surface area (Å²) in [4.78, 5) is 0. The summed E-state index contributed by atoms with van der Waals surface area (Å²) >= 11 is 0. The quantitative estimate of drug-likeness (QED) is 0.156. The zero-order valence-corrected chi connectivity index (χ0v) is 74.5. The molecule has 0 saturated heterocycles. The number of rotatable bonds is 6. The molecule has 0 N–H and O–H groups in total. The number of fused-ring (bicyclic) bond motifs is 40. The van der Waals surface area contributed by atoms with E-state index < -0.39 is 10.8 Å². The van der Waals surface area contributed by atoms with Crippen molar-refractivity contribution in [2.45, 2.75) is 10.8 Å². The molecule has 0 amide bonds. The first-order valence-corrected chi connectivity index (χ1v) is 47.8. The molecule has 0 fully saturated rings. The van der Waals surface area contributed by atoms with Crippen molar-refractivity contribution >= 4 is 152 Å². The van der Waals surface area contributed by atoms with Crippen molar-refractivity contribution < 1.29 is 17.7 Å². The van der Waals surface area contributed by atoms with Gasteiger partial charge in [0.2, 0.25) is 0 Å². The van der Waals surface area contributed by atoms with E-state index in [1.165, 1.54) is 198 Å². The molecular weight excluding hydrogens is 1670 g/mol. The van der Waals surface area contributed by atoms with Gasteiger partial charge in [-0.15, -0.1) is 0 Å². The highest BCUT2D eigenvalue weighted by atomic mass is 16.3. The molecule has 138 heavy (non-hydrogen) atoms. The molecule has 4 heterocycles. The van der Waals surface area contributed by atoms with Gasteiger partial charge in [0.1, 0.15) is 44.7 Å². The monoisotopic (exact) mass is 1750 g/mol. The number of para-hydroxylation sites is 4. The third kappa shape index (κ3) is 10.1. The molecule has 28 aromatic rings. The molecular formula is C134H76O4. The van der Waals surface area contributed by atoms with Crippen LogP contribution < -0.4 is 0 Å². The average molecular weight is 1750 g/mol. The van der Waals surface area contributed by atoms with E-state index in [1.54, 1.807) is 0 Å². The molecule has 4 aliphatic carbocycles. The maximum absolute atomic E-state index is 6.54. The highest BCUT2D eigenvalue weighted by Crippen LogP contribution is 2.69. The van der Waals surface area contributed by atoms with Crippen molar-refractivity contribution in [3.05, 3.63) is 506 Å². The van der Waals surface area contributed by atoms with Gasteiger partial charge in [0.25, 0.3) is 0 Å². The molecule has 0 unspecified atom stereocenters. The van der Waals surface area contributed by atoms with Gasteiger partial charge in [0.15, 0.2) is 0 Å². The van der Waals surface area contributed by atoms with Gasteiger partial charge in [-0.05, 0) is 293 Å². The Labute approximate surface area is 792 Å². The first-order chi connectivity index (χ1) is 68.5. The highest BCUT2D eigenvalue weighted by molar-refractivity contribution is 6.28. The second-order valence-corrected chi connectivity index (χ2v) is 37.8. The van der Waals surface area contributed by atoms with Crippen molar-refractivity contribution in [1.82, 2.24) is 0 Å². The third-order valence-electron chi connectivity index (χ3n) is 31.4. The van der Waals surface area contributed by atoms with E-state index in [0.29, 0.717) is 0 Å². The zero-order chi connectivity index (χ0) is 89.9. The van der Waals surface area contributed by atoms with Crippen LogP contribution in [0.1, 0.15) is 44.5 Å². The van der Waals surface area contributed by atoms with E-state index in [1.807, 2.05) is 12.1 Å². The summed E-state index contributed by atoms with van der Waals surface area (Å²) in [6, 6.07) is 171. The van der Waals surface area contributed by atoms with Crippen molar-refractivity contribution in [2.24, 2.45) is 0 Å². The van der Waals surface area contributed by atoms with Crippen LogP contribution >= 0.6 is 0 Å². The molecule has 0 radical (unpaired) electrons. The van der Waals surface area contributed by atoms with Gasteiger partial charge in [-0.25, -0.2) is 0 Å². The summed E-state index contributed by atoms with van der Waals surface area (Å²) in [5.41, 5.74) is 41.5. The molecule has 0 atom stereocenters. The Bertz CT molecular complexity index is 9850. The number of furan rings is 4. The molecule has 4 aromatic heterocycles. The van der Waals surface area contributed by atoms with Crippen LogP contribution in [0.3, 0.4) is 0 Å². The molecule has 4 nitrogen and oxygen atoms in total. The summed E-state index contributed by atoms with van der Waals surface area (Å²) < 4.78 is 25.8. The number of hydrogen-bond acceptors (Lipinski definition) is 4. The fourth-order valence-electron chi connectivity index (χ4n) is 26.0. The predicted octanol–water partition coefficient (Wildman–Crippen LogP) is 36.6. The third-order valence-corrected chi connectivity index (χ3v) is 31.4. The van der Waals surface area contributed by atoms with E-state index in [0.717, 1.165) is 110 Å². The average Bonchev–Trinajstić information content (AvgIpc) is 1.50. The van der Waals surface area contributed by atoms with E-state index in [9.17, 15) is 0 Å². The SMILES string of the molecule is c1ccc2c(c1)-c1ccccc1C21c2cccc(-c3c4cccc(-c5ccc6oc7ccccc7c6c5)c4cc4c(-c5ccc6oc7ccccc7c6c5)cccc34)c2-c2c1ccc1ccccc21.c1ccc2c(c1)-c1ccccc1C21c2cccc(-c3c4cccc(-c5cccc6oc7ccccc7c56)c4cc4c(-c5cccc6oc7ccccc7c56)cccc34)c2-c2c1ccc1ccccc21. The lowest BCUT2D eigenvalue weighted by Gasteiger charge is -2.30. The van der Waals surface area contributed by atoms with Gasteiger partial charge >= 0.3 is 0 Å². The van der Waals surface area contributed by atoms with Crippen LogP contribution in [0.15, 0.2) is 479 Å². The van der Waals surface area contributed by atoms with Crippen LogP contribution in [0.2, 0.25) is 0 Å². The van der Waals surface area contributed by atoms with Gasteiger partial charge in [-0.3, -0.25) is 0 Å². The zero-order valence-electron chi connectivity index (χ0n) is 74.5. The van der Waals surface area contributed by atoms with Crippen LogP contribution in [0.4, 0.5) is 0 Å². The Morgan fingerprint density at radius 2 is 0.384 bits per heavy atom. The van der Waals surface area contributed by atoms with Gasteiger partial charge in [0, 0.05) is 43.1 Å². The lowest BCUT2D eigenvalue weighted by molar-refractivity contribution is 0.668. The summed E-state index contributed by atoms with van der Waals surface area (Å²) in [7, 11) is 0. The molecule has 0 saturated carbocycles. The Morgan fingerprint density at radius 3 is 0.790 bits per heavy atom. The summed E-state index contributed by atoms with van der Waals surface area (Å²) in [6.45, 7) is 0. The first-order valence-electron chi connectivity index (χ1n) is 47.8. The lowest BCUT2D eigenvalue weighted by Crippen LogP contribution is -2.25. The Morgan fingerprint density at radius 1 is 0.123 bits per heavy atom. The van der Waals surface area contributed by atoms with Crippen molar-refractivity contribution in [3.8, 4) is 111 Å². The molecule has 32 rings (SSSR count). The fourth-order valence-corrected chi connectivity index (χ4v) is 26.0. The van der Waals surface area contributed by atoms with E-state index in [2.05, 4.69) is 449 Å². The highest BCUT2D eigenvalue weighted by Gasteiger charge is 2.55. The largest absolute Gasteiger partial charge is 0.456 e. The minimum absolute atomic E-state index is 0.500. The Kier molecular flexibility index (Phi) is 15.5. The molecule has 0 aliphatic heterocycles. The van der Waals surface area contributed by atoms with Crippen molar-refractivity contribution in [3.63, 3.8) is 0 Å². The Hall–Kier alpha value is -18.0. The second-order valence-electron chi connectivity index (χ2n) is 37.8. The van der Waals surface area contributed by atoms with Gasteiger partial charge in [0.05, 0.1) is 10.8 Å². The lowest BCUT2D eigenvalue weighted by atomic mass is 9.70. The van der Waals surface area contributed by atoms with E-state index in [-0.39, 0.29) is 0 Å².